The van der Waals surface area contributed by atoms with Crippen molar-refractivity contribution >= 4 is 42.4 Å². The highest BCUT2D eigenvalue weighted by Gasteiger charge is 2.27. The molecule has 3 aromatic rings. The van der Waals surface area contributed by atoms with Gasteiger partial charge in [0.1, 0.15) is 0 Å². The highest BCUT2D eigenvalue weighted by Crippen LogP contribution is 2.34. The molecule has 0 radical (unpaired) electrons. The lowest BCUT2D eigenvalue weighted by molar-refractivity contribution is 0.0376. The summed E-state index contributed by atoms with van der Waals surface area (Å²) in [5.41, 5.74) is 3.25. The van der Waals surface area contributed by atoms with Crippen LogP contribution in [0.15, 0.2) is 41.3 Å². The van der Waals surface area contributed by atoms with Crippen LogP contribution in [0, 0.1) is 13.8 Å². The topological polar surface area (TPSA) is 79.8 Å². The van der Waals surface area contributed by atoms with Crippen molar-refractivity contribution in [3.63, 3.8) is 0 Å². The maximum atomic E-state index is 13.9. The Hall–Kier alpha value is -2.33. The van der Waals surface area contributed by atoms with E-state index in [1.165, 1.54) is 17.4 Å². The molecule has 1 amide bonds. The van der Waals surface area contributed by atoms with Gasteiger partial charge in [0, 0.05) is 26.2 Å². The number of ether oxygens (including phenoxy) is 1. The number of carbonyl (C=O) groups excluding carboxylic acids is 1. The van der Waals surface area contributed by atoms with Gasteiger partial charge in [-0.2, -0.15) is 0 Å². The molecule has 0 unspecified atom stereocenters. The number of aryl methyl sites for hydroxylation is 2. The minimum absolute atomic E-state index is 0.0617. The van der Waals surface area contributed by atoms with Crippen molar-refractivity contribution in [3.8, 4) is 0 Å². The van der Waals surface area contributed by atoms with Gasteiger partial charge in [-0.25, -0.2) is 13.4 Å². The molecular formula is C25H31N3O4S2. The second kappa shape index (κ2) is 10.5. The molecule has 0 bridgehead atoms. The van der Waals surface area contributed by atoms with Crippen LogP contribution >= 0.6 is 11.3 Å². The first-order chi connectivity index (χ1) is 16.3. The number of sulfone groups is 1. The first kappa shape index (κ1) is 24.8. The van der Waals surface area contributed by atoms with Crippen molar-refractivity contribution in [2.45, 2.75) is 32.1 Å². The molecule has 34 heavy (non-hydrogen) atoms. The molecule has 0 aliphatic carbocycles. The number of carbonyl (C=O) groups is 1. The largest absolute Gasteiger partial charge is 0.379 e. The summed E-state index contributed by atoms with van der Waals surface area (Å²) in [5.74, 6) is -0.391. The number of hydrogen-bond donors (Lipinski definition) is 0. The highest BCUT2D eigenvalue weighted by molar-refractivity contribution is 7.91. The fourth-order valence-electron chi connectivity index (χ4n) is 4.14. The Kier molecular flexibility index (Phi) is 7.67. The third-order valence-corrected chi connectivity index (χ3v) is 9.20. The molecule has 1 aliphatic rings. The second-order valence-electron chi connectivity index (χ2n) is 8.54. The monoisotopic (exact) mass is 501 g/mol. The summed E-state index contributed by atoms with van der Waals surface area (Å²) >= 11 is 1.49. The second-order valence-corrected chi connectivity index (χ2v) is 11.8. The van der Waals surface area contributed by atoms with E-state index in [9.17, 15) is 13.2 Å². The van der Waals surface area contributed by atoms with Gasteiger partial charge in [-0.3, -0.25) is 14.6 Å². The highest BCUT2D eigenvalue weighted by atomic mass is 32.2. The van der Waals surface area contributed by atoms with Crippen molar-refractivity contribution in [1.82, 2.24) is 9.88 Å². The Labute approximate surface area is 205 Å². The molecule has 0 spiro atoms. The first-order valence-electron chi connectivity index (χ1n) is 11.6. The molecule has 1 aliphatic heterocycles. The molecule has 2 aromatic carbocycles. The van der Waals surface area contributed by atoms with E-state index >= 15 is 0 Å². The fraction of sp³-hybridized carbons (Fsp3) is 0.440. The molecule has 1 saturated heterocycles. The van der Waals surface area contributed by atoms with Crippen LogP contribution in [-0.2, 0) is 14.6 Å². The third kappa shape index (κ3) is 5.17. The lowest BCUT2D eigenvalue weighted by Crippen LogP contribution is -2.39. The SMILES string of the molecule is CCS(=O)(=O)c1ccccc1C(=O)N(CCCN1CCOCC1)c1nc2c(C)ccc(C)c2s1. The van der Waals surface area contributed by atoms with E-state index in [0.717, 1.165) is 60.6 Å². The van der Waals surface area contributed by atoms with E-state index in [0.29, 0.717) is 11.7 Å². The number of rotatable bonds is 8. The predicted molar refractivity (Wildman–Crippen MR) is 137 cm³/mol. The van der Waals surface area contributed by atoms with Gasteiger partial charge in [0.15, 0.2) is 15.0 Å². The van der Waals surface area contributed by atoms with E-state index in [2.05, 4.69) is 11.0 Å². The Morgan fingerprint density at radius 3 is 2.53 bits per heavy atom. The van der Waals surface area contributed by atoms with Gasteiger partial charge in [-0.1, -0.05) is 42.5 Å². The number of fused-ring (bicyclic) bond motifs is 1. The number of anilines is 1. The van der Waals surface area contributed by atoms with Gasteiger partial charge in [-0.05, 0) is 43.5 Å². The van der Waals surface area contributed by atoms with Crippen molar-refractivity contribution in [2.24, 2.45) is 0 Å². The molecule has 0 atom stereocenters. The maximum Gasteiger partial charge on any atom is 0.261 e. The molecule has 1 aromatic heterocycles. The van der Waals surface area contributed by atoms with Gasteiger partial charge < -0.3 is 4.74 Å². The molecule has 1 fully saturated rings. The minimum Gasteiger partial charge on any atom is -0.379 e. The molecular weight excluding hydrogens is 470 g/mol. The van der Waals surface area contributed by atoms with Crippen molar-refractivity contribution in [3.05, 3.63) is 53.1 Å². The van der Waals surface area contributed by atoms with E-state index < -0.39 is 9.84 Å². The van der Waals surface area contributed by atoms with Crippen LogP contribution in [-0.4, -0.2) is 69.4 Å². The third-order valence-electron chi connectivity index (χ3n) is 6.20. The zero-order chi connectivity index (χ0) is 24.3. The molecule has 9 heteroatoms. The Morgan fingerprint density at radius 1 is 1.12 bits per heavy atom. The lowest BCUT2D eigenvalue weighted by Gasteiger charge is -2.28. The predicted octanol–water partition coefficient (Wildman–Crippen LogP) is 4.08. The number of aromatic nitrogens is 1. The minimum atomic E-state index is -3.55. The average Bonchev–Trinajstić information content (AvgIpc) is 3.31. The average molecular weight is 502 g/mol. The van der Waals surface area contributed by atoms with Gasteiger partial charge in [-0.15, -0.1) is 0 Å². The quantitative estimate of drug-likeness (QED) is 0.463. The van der Waals surface area contributed by atoms with E-state index in [1.807, 2.05) is 19.9 Å². The molecule has 4 rings (SSSR count). The van der Waals surface area contributed by atoms with E-state index in [-0.39, 0.29) is 22.1 Å². The summed E-state index contributed by atoms with van der Waals surface area (Å²) in [6.07, 6.45) is 0.752. The molecule has 0 saturated carbocycles. The van der Waals surface area contributed by atoms with Crippen LogP contribution in [0.5, 0.6) is 0 Å². The van der Waals surface area contributed by atoms with Gasteiger partial charge >= 0.3 is 0 Å². The number of nitrogens with zero attached hydrogens (tertiary/aromatic N) is 3. The summed E-state index contributed by atoms with van der Waals surface area (Å²) in [6.45, 7) is 10.1. The summed E-state index contributed by atoms with van der Waals surface area (Å²) in [6, 6.07) is 10.6. The zero-order valence-electron chi connectivity index (χ0n) is 19.9. The van der Waals surface area contributed by atoms with Gasteiger partial charge in [0.2, 0.25) is 0 Å². The van der Waals surface area contributed by atoms with E-state index in [4.69, 9.17) is 9.72 Å². The number of amides is 1. The normalized spacial score (nSPS) is 15.0. The number of morpholine rings is 1. The van der Waals surface area contributed by atoms with Crippen LogP contribution < -0.4 is 4.90 Å². The van der Waals surface area contributed by atoms with Crippen LogP contribution in [0.25, 0.3) is 10.2 Å². The van der Waals surface area contributed by atoms with Crippen molar-refractivity contribution in [1.29, 1.82) is 0 Å². The van der Waals surface area contributed by atoms with Crippen LogP contribution in [0.4, 0.5) is 5.13 Å². The Balaban J connectivity index is 1.70. The molecule has 0 N–H and O–H groups in total. The molecule has 182 valence electrons. The van der Waals surface area contributed by atoms with Gasteiger partial charge in [0.05, 0.1) is 39.6 Å². The molecule has 7 nitrogen and oxygen atoms in total. The first-order valence-corrected chi connectivity index (χ1v) is 14.1. The maximum absolute atomic E-state index is 13.9. The number of benzene rings is 2. The summed E-state index contributed by atoms with van der Waals surface area (Å²) in [5, 5.41) is 0.600. The van der Waals surface area contributed by atoms with Gasteiger partial charge in [0.25, 0.3) is 5.91 Å². The zero-order valence-corrected chi connectivity index (χ0v) is 21.5. The number of hydrogen-bond acceptors (Lipinski definition) is 7. The van der Waals surface area contributed by atoms with Crippen LogP contribution in [0.3, 0.4) is 0 Å². The lowest BCUT2D eigenvalue weighted by atomic mass is 10.1. The number of thiazole rings is 1. The van der Waals surface area contributed by atoms with Crippen molar-refractivity contribution < 1.29 is 17.9 Å². The van der Waals surface area contributed by atoms with Crippen LogP contribution in [0.1, 0.15) is 34.8 Å². The molecule has 2 heterocycles. The standard InChI is InChI=1S/C25H31N3O4S2/c1-4-34(30,31)21-9-6-5-8-20(21)24(29)28(13-7-12-27-14-16-32-17-15-27)25-26-22-18(2)10-11-19(3)23(22)33-25/h5-6,8-11H,4,7,12-17H2,1-3H3. The van der Waals surface area contributed by atoms with Crippen LogP contribution in [0.2, 0.25) is 0 Å². The smallest absolute Gasteiger partial charge is 0.261 e. The van der Waals surface area contributed by atoms with Crippen molar-refractivity contribution in [2.75, 3.05) is 50.0 Å². The summed E-state index contributed by atoms with van der Waals surface area (Å²) < 4.78 is 32.0. The van der Waals surface area contributed by atoms with E-state index in [1.54, 1.807) is 30.0 Å². The fourth-order valence-corrected chi connectivity index (χ4v) is 6.36. The Bertz CT molecular complexity index is 1240. The summed E-state index contributed by atoms with van der Waals surface area (Å²) in [4.78, 5) is 22.8. The Morgan fingerprint density at radius 2 is 1.82 bits per heavy atom. The summed E-state index contributed by atoms with van der Waals surface area (Å²) in [7, 11) is -3.55.